The van der Waals surface area contributed by atoms with Gasteiger partial charge in [0.1, 0.15) is 17.3 Å². The summed E-state index contributed by atoms with van der Waals surface area (Å²) in [6.07, 6.45) is 0. The summed E-state index contributed by atoms with van der Waals surface area (Å²) in [7, 11) is 0. The Hall–Kier alpha value is -2.54. The molecule has 0 fully saturated rings. The molecule has 0 radical (unpaired) electrons. The molecule has 2 aromatic rings. The summed E-state index contributed by atoms with van der Waals surface area (Å²) in [5.41, 5.74) is -0.363. The van der Waals surface area contributed by atoms with E-state index in [1.54, 1.807) is 68.6 Å². The van der Waals surface area contributed by atoms with Crippen LogP contribution in [0.4, 0.5) is 0 Å². The summed E-state index contributed by atoms with van der Waals surface area (Å²) < 4.78 is 5.43. The van der Waals surface area contributed by atoms with Gasteiger partial charge in [-0.05, 0) is 39.1 Å². The number of esters is 1. The van der Waals surface area contributed by atoms with Crippen LogP contribution in [0.2, 0.25) is 0 Å². The zero-order valence-electron chi connectivity index (χ0n) is 15.7. The van der Waals surface area contributed by atoms with Crippen molar-refractivity contribution in [1.82, 2.24) is 0 Å². The monoisotopic (exact) mass is 389 g/mol. The summed E-state index contributed by atoms with van der Waals surface area (Å²) in [6.45, 7) is 6.37. The first kappa shape index (κ1) is 20.8. The Morgan fingerprint density at radius 1 is 1.11 bits per heavy atom. The smallest absolute Gasteiger partial charge is 0.317 e. The fourth-order valence-electron chi connectivity index (χ4n) is 3.02. The van der Waals surface area contributed by atoms with Crippen LogP contribution >= 0.6 is 11.3 Å². The molecule has 6 nitrogen and oxygen atoms in total. The van der Waals surface area contributed by atoms with Crippen molar-refractivity contribution in [3.8, 4) is 0 Å². The van der Waals surface area contributed by atoms with Crippen molar-refractivity contribution in [3.05, 3.63) is 68.4 Å². The Balaban J connectivity index is 2.59. The molecule has 0 N–H and O–H groups in total. The van der Waals surface area contributed by atoms with Gasteiger partial charge in [0.2, 0.25) is 6.04 Å². The van der Waals surface area contributed by atoms with E-state index in [1.165, 1.54) is 18.3 Å². The van der Waals surface area contributed by atoms with E-state index in [9.17, 15) is 19.7 Å². The Labute approximate surface area is 162 Å². The maximum atomic E-state index is 12.8. The highest BCUT2D eigenvalue weighted by atomic mass is 32.1. The van der Waals surface area contributed by atoms with Crippen molar-refractivity contribution >= 4 is 23.1 Å². The molecular weight excluding hydrogens is 366 g/mol. The van der Waals surface area contributed by atoms with Gasteiger partial charge >= 0.3 is 5.97 Å². The second-order valence-electron chi connectivity index (χ2n) is 7.30. The van der Waals surface area contributed by atoms with Crippen molar-refractivity contribution in [2.75, 3.05) is 0 Å². The molecule has 1 aromatic heterocycles. The average Bonchev–Trinajstić information content (AvgIpc) is 3.06. The number of ketones is 1. The zero-order valence-corrected chi connectivity index (χ0v) is 16.6. The third kappa shape index (κ3) is 5.23. The Kier molecular flexibility index (Phi) is 6.49. The second-order valence-corrected chi connectivity index (χ2v) is 8.28. The van der Waals surface area contributed by atoms with Crippen LogP contribution < -0.4 is 0 Å². The van der Waals surface area contributed by atoms with Crippen LogP contribution in [0.15, 0.2) is 47.8 Å². The molecule has 0 saturated carbocycles. The summed E-state index contributed by atoms with van der Waals surface area (Å²) in [6, 6.07) is 10.7. The number of nitro groups is 1. The maximum Gasteiger partial charge on any atom is 0.317 e. The molecule has 0 aliphatic heterocycles. The first-order valence-electron chi connectivity index (χ1n) is 8.57. The third-order valence-electron chi connectivity index (χ3n) is 4.04. The van der Waals surface area contributed by atoms with Gasteiger partial charge in [-0.1, -0.05) is 36.4 Å². The molecule has 0 bridgehead atoms. The summed E-state index contributed by atoms with van der Waals surface area (Å²) in [5, 5.41) is 13.8. The summed E-state index contributed by atoms with van der Waals surface area (Å²) in [4.78, 5) is 37.5. The van der Waals surface area contributed by atoms with Crippen LogP contribution in [0, 0.1) is 16.0 Å². The predicted molar refractivity (Wildman–Crippen MR) is 103 cm³/mol. The van der Waals surface area contributed by atoms with E-state index in [0.29, 0.717) is 10.4 Å². The van der Waals surface area contributed by atoms with Gasteiger partial charge in [-0.25, -0.2) is 0 Å². The van der Waals surface area contributed by atoms with Crippen molar-refractivity contribution in [2.45, 2.75) is 45.3 Å². The van der Waals surface area contributed by atoms with E-state index in [-0.39, 0.29) is 0 Å². The molecule has 0 saturated heterocycles. The van der Waals surface area contributed by atoms with Crippen molar-refractivity contribution < 1.29 is 19.2 Å². The lowest BCUT2D eigenvalue weighted by Crippen LogP contribution is -2.38. The van der Waals surface area contributed by atoms with E-state index >= 15 is 0 Å². The second kappa shape index (κ2) is 8.43. The van der Waals surface area contributed by atoms with Gasteiger partial charge in [0.05, 0.1) is 5.92 Å². The molecular formula is C20H23NO5S. The topological polar surface area (TPSA) is 86.5 Å². The molecule has 0 aliphatic rings. The molecule has 2 rings (SSSR count). The van der Waals surface area contributed by atoms with Gasteiger partial charge in [-0.3, -0.25) is 19.7 Å². The number of rotatable bonds is 7. The van der Waals surface area contributed by atoms with E-state index in [2.05, 4.69) is 0 Å². The minimum Gasteiger partial charge on any atom is -0.459 e. The van der Waals surface area contributed by atoms with Gasteiger partial charge in [-0.15, -0.1) is 11.3 Å². The molecule has 0 spiro atoms. The molecule has 0 aliphatic carbocycles. The summed E-state index contributed by atoms with van der Waals surface area (Å²) in [5.74, 6) is -3.41. The maximum absolute atomic E-state index is 12.8. The van der Waals surface area contributed by atoms with Gasteiger partial charge in [0.25, 0.3) is 0 Å². The molecule has 7 heteroatoms. The zero-order chi connectivity index (χ0) is 20.2. The first-order valence-corrected chi connectivity index (χ1v) is 9.45. The van der Waals surface area contributed by atoms with Crippen molar-refractivity contribution in [3.63, 3.8) is 0 Å². The highest BCUT2D eigenvalue weighted by Gasteiger charge is 2.47. The number of hydrogen-bond acceptors (Lipinski definition) is 6. The lowest BCUT2D eigenvalue weighted by molar-refractivity contribution is -0.534. The van der Waals surface area contributed by atoms with Gasteiger partial charge in [0, 0.05) is 15.4 Å². The molecule has 0 unspecified atom stereocenters. The number of benzene rings is 1. The number of nitrogens with zero attached hydrogens (tertiary/aromatic N) is 1. The van der Waals surface area contributed by atoms with E-state index < -0.39 is 40.2 Å². The van der Waals surface area contributed by atoms with Gasteiger partial charge < -0.3 is 4.74 Å². The standard InChI is InChI=1S/C20H23NO5S/c1-13(22)16(19(23)26-20(2,3)4)17(15-11-8-12-27-15)18(21(24)25)14-9-6-5-7-10-14/h5-12,16-18H,1-4H3/t16-,17+,18+/m0/s1. The predicted octanol–water partition coefficient (Wildman–Crippen LogP) is 4.40. The number of thiophene rings is 1. The quantitative estimate of drug-likeness (QED) is 0.303. The van der Waals surface area contributed by atoms with Crippen LogP contribution in [-0.4, -0.2) is 22.3 Å². The number of carbonyl (C=O) groups excluding carboxylic acids is 2. The minimum atomic E-state index is -1.27. The molecule has 1 aromatic carbocycles. The number of carbonyl (C=O) groups is 2. The normalized spacial score (nSPS) is 14.8. The van der Waals surface area contributed by atoms with Crippen molar-refractivity contribution in [1.29, 1.82) is 0 Å². The van der Waals surface area contributed by atoms with Gasteiger partial charge in [-0.2, -0.15) is 0 Å². The first-order chi connectivity index (χ1) is 12.6. The average molecular weight is 389 g/mol. The highest BCUT2D eigenvalue weighted by Crippen LogP contribution is 2.42. The van der Waals surface area contributed by atoms with Crippen LogP contribution in [0.3, 0.4) is 0 Å². The molecule has 144 valence electrons. The SMILES string of the molecule is CC(=O)[C@H](C(=O)OC(C)(C)C)[C@@H](c1cccs1)[C@@H](c1ccccc1)[N+](=O)[O-]. The van der Waals surface area contributed by atoms with Gasteiger partial charge in [0.15, 0.2) is 0 Å². The Morgan fingerprint density at radius 2 is 1.74 bits per heavy atom. The van der Waals surface area contributed by atoms with E-state index in [4.69, 9.17) is 4.74 Å². The molecule has 27 heavy (non-hydrogen) atoms. The lowest BCUT2D eigenvalue weighted by Gasteiger charge is -2.29. The number of Topliss-reactive ketones (excluding diaryl/α,β-unsaturated/α-hetero) is 1. The van der Waals surface area contributed by atoms with E-state index in [1.807, 2.05) is 0 Å². The fourth-order valence-corrected chi connectivity index (χ4v) is 3.92. The molecule has 1 heterocycles. The molecule has 3 atom stereocenters. The summed E-state index contributed by atoms with van der Waals surface area (Å²) >= 11 is 1.29. The van der Waals surface area contributed by atoms with Crippen LogP contribution in [0.25, 0.3) is 0 Å². The number of hydrogen-bond donors (Lipinski definition) is 0. The van der Waals surface area contributed by atoms with Crippen LogP contribution in [0.1, 0.15) is 50.1 Å². The minimum absolute atomic E-state index is 0.431. The largest absolute Gasteiger partial charge is 0.459 e. The van der Waals surface area contributed by atoms with E-state index in [0.717, 1.165) is 0 Å². The third-order valence-corrected chi connectivity index (χ3v) is 5.01. The van der Waals surface area contributed by atoms with Crippen molar-refractivity contribution in [2.24, 2.45) is 5.92 Å². The fraction of sp³-hybridized carbons (Fsp3) is 0.400. The Morgan fingerprint density at radius 3 is 2.19 bits per heavy atom. The Bertz CT molecular complexity index is 796. The number of ether oxygens (including phenoxy) is 1. The lowest BCUT2D eigenvalue weighted by atomic mass is 9.79. The van der Waals surface area contributed by atoms with Crippen LogP contribution in [-0.2, 0) is 14.3 Å². The van der Waals surface area contributed by atoms with Crippen LogP contribution in [0.5, 0.6) is 0 Å². The highest BCUT2D eigenvalue weighted by molar-refractivity contribution is 7.10. The molecule has 0 amide bonds.